The molecule has 31 heavy (non-hydrogen) atoms. The first-order valence-corrected chi connectivity index (χ1v) is 11.2. The van der Waals surface area contributed by atoms with Crippen molar-refractivity contribution in [1.29, 1.82) is 0 Å². The first-order valence-electron chi connectivity index (χ1n) is 9.57. The molecule has 0 saturated carbocycles. The van der Waals surface area contributed by atoms with E-state index in [0.717, 1.165) is 15.5 Å². The van der Waals surface area contributed by atoms with Crippen LogP contribution in [-0.4, -0.2) is 36.2 Å². The van der Waals surface area contributed by atoms with Crippen molar-refractivity contribution in [2.45, 2.75) is 13.1 Å². The molecule has 0 aliphatic rings. The van der Waals surface area contributed by atoms with Crippen LogP contribution >= 0.6 is 0 Å². The Morgan fingerprint density at radius 3 is 2.61 bits per heavy atom. The maximum Gasteiger partial charge on any atom is 0.297 e. The van der Waals surface area contributed by atoms with Crippen LogP contribution in [0.25, 0.3) is 22.1 Å². The summed E-state index contributed by atoms with van der Waals surface area (Å²) in [6.07, 6.45) is 1.28. The predicted octanol–water partition coefficient (Wildman–Crippen LogP) is 1.38. The van der Waals surface area contributed by atoms with Gasteiger partial charge in [0, 0.05) is 18.5 Å². The van der Waals surface area contributed by atoms with E-state index in [4.69, 9.17) is 4.42 Å². The van der Waals surface area contributed by atoms with Gasteiger partial charge in [-0.05, 0) is 17.7 Å². The first-order chi connectivity index (χ1) is 14.9. The summed E-state index contributed by atoms with van der Waals surface area (Å²) >= 11 is 0. The summed E-state index contributed by atoms with van der Waals surface area (Å²) in [6, 6.07) is 16.3. The Hall–Kier alpha value is -3.50. The van der Waals surface area contributed by atoms with E-state index < -0.39 is 21.5 Å². The van der Waals surface area contributed by atoms with Crippen molar-refractivity contribution in [3.8, 4) is 0 Å². The van der Waals surface area contributed by atoms with E-state index >= 15 is 0 Å². The molecular weight excluding hydrogens is 420 g/mol. The van der Waals surface area contributed by atoms with Crippen LogP contribution in [0.3, 0.4) is 0 Å². The number of carbonyl (C=O) groups excluding carboxylic acids is 1. The Kier molecular flexibility index (Phi) is 5.83. The van der Waals surface area contributed by atoms with Gasteiger partial charge in [-0.2, -0.15) is 0 Å². The highest BCUT2D eigenvalue weighted by Gasteiger charge is 2.15. The Bertz CT molecular complexity index is 1390. The molecule has 0 atom stereocenters. The van der Waals surface area contributed by atoms with Crippen LogP contribution in [0.5, 0.6) is 0 Å². The van der Waals surface area contributed by atoms with E-state index in [9.17, 15) is 18.0 Å². The van der Waals surface area contributed by atoms with E-state index in [1.807, 2.05) is 36.4 Å². The van der Waals surface area contributed by atoms with Crippen LogP contribution in [0, 0.1) is 0 Å². The molecule has 0 saturated heterocycles. The molecule has 0 spiro atoms. The van der Waals surface area contributed by atoms with Gasteiger partial charge in [0.1, 0.15) is 17.6 Å². The van der Waals surface area contributed by atoms with E-state index in [1.165, 1.54) is 6.33 Å². The molecule has 160 valence electrons. The number of nitrogens with zero attached hydrogens (tertiary/aromatic N) is 2. The molecule has 4 aromatic rings. The second kappa shape index (κ2) is 8.70. The minimum Gasteiger partial charge on any atom is -0.448 e. The van der Waals surface area contributed by atoms with Gasteiger partial charge in [0.2, 0.25) is 21.5 Å². The smallest absolute Gasteiger partial charge is 0.297 e. The zero-order chi connectivity index (χ0) is 21.8. The summed E-state index contributed by atoms with van der Waals surface area (Å²) in [6.45, 7) is -0.204. The lowest BCUT2D eigenvalue weighted by molar-refractivity contribution is -0.121. The van der Waals surface area contributed by atoms with E-state index in [-0.39, 0.29) is 31.0 Å². The maximum atomic E-state index is 12.6. The topological polar surface area (TPSA) is 123 Å². The van der Waals surface area contributed by atoms with E-state index in [0.29, 0.717) is 11.1 Å². The lowest BCUT2D eigenvalue weighted by Gasteiger charge is -2.09. The number of benzene rings is 2. The lowest BCUT2D eigenvalue weighted by Crippen LogP contribution is -2.37. The standard InChI is InChI=1S/C21H20N4O5S/c26-18(22-10-11-31(28,29)24-12-15-6-2-1-3-7-15)13-25-14-23-19-16-8-4-5-9-17(16)30-20(19)21(25)27/h1-9,14,24H,10-13H2,(H,22,26). The molecule has 0 aliphatic carbocycles. The quantitative estimate of drug-likeness (QED) is 0.427. The van der Waals surface area contributed by atoms with Crippen molar-refractivity contribution in [2.75, 3.05) is 12.3 Å². The van der Waals surface area contributed by atoms with Crippen molar-refractivity contribution >= 4 is 38.0 Å². The molecule has 10 heteroatoms. The van der Waals surface area contributed by atoms with Gasteiger partial charge < -0.3 is 9.73 Å². The number of nitrogens with one attached hydrogen (secondary N) is 2. The molecule has 0 bridgehead atoms. The number of para-hydroxylation sites is 1. The minimum absolute atomic E-state index is 0.0733. The molecule has 2 aromatic heterocycles. The zero-order valence-corrected chi connectivity index (χ0v) is 17.3. The Balaban J connectivity index is 1.34. The number of sulfonamides is 1. The fraction of sp³-hybridized carbons (Fsp3) is 0.190. The Labute approximate surface area is 177 Å². The van der Waals surface area contributed by atoms with Crippen LogP contribution in [-0.2, 0) is 27.9 Å². The van der Waals surface area contributed by atoms with Crippen molar-refractivity contribution in [3.63, 3.8) is 0 Å². The highest BCUT2D eigenvalue weighted by Crippen LogP contribution is 2.23. The third-order valence-corrected chi connectivity index (χ3v) is 6.02. The third-order valence-electron chi connectivity index (χ3n) is 4.70. The molecule has 2 heterocycles. The number of amides is 1. The van der Waals surface area contributed by atoms with Gasteiger partial charge in [0.05, 0.1) is 12.1 Å². The second-order valence-electron chi connectivity index (χ2n) is 6.93. The van der Waals surface area contributed by atoms with Crippen molar-refractivity contribution < 1.29 is 17.6 Å². The molecule has 2 aromatic carbocycles. The molecular formula is C21H20N4O5S. The van der Waals surface area contributed by atoms with Crippen LogP contribution in [0.2, 0.25) is 0 Å². The zero-order valence-electron chi connectivity index (χ0n) is 16.4. The fourth-order valence-electron chi connectivity index (χ4n) is 3.12. The lowest BCUT2D eigenvalue weighted by atomic mass is 10.2. The normalized spacial score (nSPS) is 11.7. The number of hydrogen-bond donors (Lipinski definition) is 2. The van der Waals surface area contributed by atoms with Crippen LogP contribution in [0.15, 0.2) is 70.1 Å². The molecule has 2 N–H and O–H groups in total. The molecule has 1 amide bonds. The molecule has 0 aliphatic heterocycles. The van der Waals surface area contributed by atoms with Crippen LogP contribution in [0.4, 0.5) is 0 Å². The monoisotopic (exact) mass is 440 g/mol. The predicted molar refractivity (Wildman–Crippen MR) is 116 cm³/mol. The Morgan fingerprint density at radius 1 is 1.06 bits per heavy atom. The molecule has 0 fully saturated rings. The summed E-state index contributed by atoms with van der Waals surface area (Å²) in [4.78, 5) is 29.1. The van der Waals surface area contributed by atoms with Crippen molar-refractivity contribution in [3.05, 3.63) is 76.8 Å². The highest BCUT2D eigenvalue weighted by atomic mass is 32.2. The maximum absolute atomic E-state index is 12.6. The highest BCUT2D eigenvalue weighted by molar-refractivity contribution is 7.89. The van der Waals surface area contributed by atoms with Gasteiger partial charge in [-0.15, -0.1) is 0 Å². The van der Waals surface area contributed by atoms with Gasteiger partial charge in [-0.25, -0.2) is 18.1 Å². The SMILES string of the molecule is O=C(Cn1cnc2c(oc3ccccc32)c1=O)NCCS(=O)(=O)NCc1ccccc1. The van der Waals surface area contributed by atoms with Gasteiger partial charge >= 0.3 is 0 Å². The van der Waals surface area contributed by atoms with Crippen molar-refractivity contribution in [2.24, 2.45) is 0 Å². The van der Waals surface area contributed by atoms with Gasteiger partial charge in [0.15, 0.2) is 0 Å². The number of fused-ring (bicyclic) bond motifs is 3. The van der Waals surface area contributed by atoms with Crippen molar-refractivity contribution in [1.82, 2.24) is 19.6 Å². The fourth-order valence-corrected chi connectivity index (χ4v) is 4.03. The summed E-state index contributed by atoms with van der Waals surface area (Å²) in [5.41, 5.74) is 1.41. The van der Waals surface area contributed by atoms with Crippen LogP contribution < -0.4 is 15.6 Å². The largest absolute Gasteiger partial charge is 0.448 e. The average Bonchev–Trinajstić information content (AvgIpc) is 3.15. The number of hydrogen-bond acceptors (Lipinski definition) is 6. The number of aromatic nitrogens is 2. The van der Waals surface area contributed by atoms with E-state index in [1.54, 1.807) is 18.2 Å². The van der Waals surface area contributed by atoms with Crippen LogP contribution in [0.1, 0.15) is 5.56 Å². The summed E-state index contributed by atoms with van der Waals surface area (Å²) in [7, 11) is -3.56. The third kappa shape index (κ3) is 4.81. The molecule has 4 rings (SSSR count). The Morgan fingerprint density at radius 2 is 1.81 bits per heavy atom. The summed E-state index contributed by atoms with van der Waals surface area (Å²) in [5.74, 6) is -0.779. The average molecular weight is 440 g/mol. The minimum atomic E-state index is -3.56. The van der Waals surface area contributed by atoms with E-state index in [2.05, 4.69) is 15.0 Å². The molecule has 0 radical (unpaired) electrons. The first kappa shape index (κ1) is 20.8. The molecule has 0 unspecified atom stereocenters. The number of furan rings is 1. The number of carbonyl (C=O) groups is 1. The summed E-state index contributed by atoms with van der Waals surface area (Å²) < 4.78 is 33.4. The molecule has 9 nitrogen and oxygen atoms in total. The van der Waals surface area contributed by atoms with Gasteiger partial charge in [-0.3, -0.25) is 14.2 Å². The number of rotatable bonds is 8. The summed E-state index contributed by atoms with van der Waals surface area (Å²) in [5, 5.41) is 3.23. The second-order valence-corrected chi connectivity index (χ2v) is 8.86. The van der Waals surface area contributed by atoms with Gasteiger partial charge in [-0.1, -0.05) is 42.5 Å². The van der Waals surface area contributed by atoms with Gasteiger partial charge in [0.25, 0.3) is 5.56 Å².